The summed E-state index contributed by atoms with van der Waals surface area (Å²) in [5.41, 5.74) is -0.430. The predicted molar refractivity (Wildman–Crippen MR) is 111 cm³/mol. The van der Waals surface area contributed by atoms with Crippen LogP contribution in [0.5, 0.6) is 5.75 Å². The van der Waals surface area contributed by atoms with Gasteiger partial charge in [0.1, 0.15) is 17.4 Å². The Morgan fingerprint density at radius 2 is 1.74 bits per heavy atom. The number of ketones is 1. The number of hydrogen-bond acceptors (Lipinski definition) is 4. The zero-order valence-electron chi connectivity index (χ0n) is 18.2. The summed E-state index contributed by atoms with van der Waals surface area (Å²) in [5.74, 6) is -0.394. The lowest BCUT2D eigenvalue weighted by molar-refractivity contribution is 0.0632. The number of Topliss-reactive ketones (excluding diaryl/α,β-unsaturated/α-hetero) is 1. The standard InChI is InChI=1S/C24H31F2NO4/c1-14(2)31-24(29)27-8-5-15(6-9-27)19-11-17(19)7-10-30-18-12-20(25)22(21(26)13-18)23(28)16-3-4-16/h12-17,19H,3-11H2,1-2H3. The number of piperidine rings is 1. The first-order chi connectivity index (χ1) is 14.8. The van der Waals surface area contributed by atoms with E-state index in [1.807, 2.05) is 13.8 Å². The molecule has 0 spiro atoms. The van der Waals surface area contributed by atoms with Crippen LogP contribution in [-0.2, 0) is 4.74 Å². The number of rotatable bonds is 8. The van der Waals surface area contributed by atoms with Gasteiger partial charge in [0.05, 0.1) is 18.3 Å². The molecule has 3 fully saturated rings. The number of hydrogen-bond donors (Lipinski definition) is 0. The number of nitrogens with zero attached hydrogens (tertiary/aromatic N) is 1. The molecule has 1 saturated heterocycles. The van der Waals surface area contributed by atoms with E-state index in [9.17, 15) is 18.4 Å². The summed E-state index contributed by atoms with van der Waals surface area (Å²) >= 11 is 0. The second kappa shape index (κ2) is 9.13. The van der Waals surface area contributed by atoms with Gasteiger partial charge >= 0.3 is 6.09 Å². The third-order valence-corrected chi connectivity index (χ3v) is 6.68. The van der Waals surface area contributed by atoms with Crippen LogP contribution in [0.25, 0.3) is 0 Å². The molecule has 0 bridgehead atoms. The SMILES string of the molecule is CC(C)OC(=O)N1CCC(C2CC2CCOc2cc(F)c(C(=O)C3CC3)c(F)c2)CC1. The van der Waals surface area contributed by atoms with Crippen LogP contribution in [0.3, 0.4) is 0 Å². The highest BCUT2D eigenvalue weighted by atomic mass is 19.1. The Morgan fingerprint density at radius 3 is 2.32 bits per heavy atom. The monoisotopic (exact) mass is 435 g/mol. The highest BCUT2D eigenvalue weighted by molar-refractivity contribution is 5.99. The van der Waals surface area contributed by atoms with Gasteiger partial charge in [-0.2, -0.15) is 0 Å². The van der Waals surface area contributed by atoms with E-state index in [1.54, 1.807) is 4.90 Å². The van der Waals surface area contributed by atoms with E-state index in [-0.39, 0.29) is 23.9 Å². The Bertz CT molecular complexity index is 808. The summed E-state index contributed by atoms with van der Waals surface area (Å²) < 4.78 is 39.3. The van der Waals surface area contributed by atoms with Crippen LogP contribution in [0.4, 0.5) is 13.6 Å². The lowest BCUT2D eigenvalue weighted by Gasteiger charge is -2.32. The maximum atomic E-state index is 14.2. The number of halogens is 2. The summed E-state index contributed by atoms with van der Waals surface area (Å²) in [6.45, 7) is 5.58. The van der Waals surface area contributed by atoms with Crippen LogP contribution >= 0.6 is 0 Å². The first kappa shape index (κ1) is 22.0. The molecule has 1 aromatic rings. The van der Waals surface area contributed by atoms with Crippen molar-refractivity contribution in [1.29, 1.82) is 0 Å². The summed E-state index contributed by atoms with van der Waals surface area (Å²) in [6.07, 6.45) is 5.05. The van der Waals surface area contributed by atoms with E-state index in [1.165, 1.54) is 0 Å². The van der Waals surface area contributed by atoms with Crippen LogP contribution in [0, 0.1) is 35.3 Å². The topological polar surface area (TPSA) is 55.8 Å². The number of likely N-dealkylation sites (tertiary alicyclic amines) is 1. The minimum Gasteiger partial charge on any atom is -0.493 e. The molecule has 2 aliphatic carbocycles. The molecule has 1 heterocycles. The smallest absolute Gasteiger partial charge is 0.410 e. The Morgan fingerprint density at radius 1 is 1.10 bits per heavy atom. The van der Waals surface area contributed by atoms with Crippen LogP contribution in [0.2, 0.25) is 0 Å². The molecule has 0 aromatic heterocycles. The summed E-state index contributed by atoms with van der Waals surface area (Å²) in [7, 11) is 0. The van der Waals surface area contributed by atoms with Gasteiger partial charge in [0, 0.05) is 31.1 Å². The molecule has 1 aliphatic heterocycles. The van der Waals surface area contributed by atoms with E-state index >= 15 is 0 Å². The molecule has 31 heavy (non-hydrogen) atoms. The Balaban J connectivity index is 1.19. The van der Waals surface area contributed by atoms with Gasteiger partial charge in [-0.3, -0.25) is 4.79 Å². The second-order valence-electron chi connectivity index (χ2n) is 9.45. The van der Waals surface area contributed by atoms with E-state index in [2.05, 4.69) is 0 Å². The number of carbonyl (C=O) groups excluding carboxylic acids is 2. The first-order valence-electron chi connectivity index (χ1n) is 11.4. The third-order valence-electron chi connectivity index (χ3n) is 6.68. The molecule has 1 aromatic carbocycles. The van der Waals surface area contributed by atoms with Crippen molar-refractivity contribution in [3.05, 3.63) is 29.3 Å². The van der Waals surface area contributed by atoms with Crippen LogP contribution in [0.1, 0.15) is 62.7 Å². The minimum atomic E-state index is -0.834. The molecule has 0 radical (unpaired) electrons. The molecule has 2 saturated carbocycles. The predicted octanol–water partition coefficient (Wildman–Crippen LogP) is 5.22. The fraction of sp³-hybridized carbons (Fsp3) is 0.667. The average molecular weight is 436 g/mol. The Labute approximate surface area is 182 Å². The first-order valence-corrected chi connectivity index (χ1v) is 11.4. The van der Waals surface area contributed by atoms with Crippen LogP contribution < -0.4 is 4.74 Å². The summed E-state index contributed by atoms with van der Waals surface area (Å²) in [5, 5.41) is 0. The fourth-order valence-electron chi connectivity index (χ4n) is 4.71. The summed E-state index contributed by atoms with van der Waals surface area (Å²) in [4.78, 5) is 25.8. The van der Waals surface area contributed by atoms with Crippen molar-refractivity contribution in [1.82, 2.24) is 4.90 Å². The molecule has 3 aliphatic rings. The highest BCUT2D eigenvalue weighted by Crippen LogP contribution is 2.49. The Kier molecular flexibility index (Phi) is 6.49. The zero-order valence-corrected chi connectivity index (χ0v) is 18.2. The molecule has 2 unspecified atom stereocenters. The fourth-order valence-corrected chi connectivity index (χ4v) is 4.71. The second-order valence-corrected chi connectivity index (χ2v) is 9.45. The molecule has 1 amide bonds. The van der Waals surface area contributed by atoms with Gasteiger partial charge in [0.2, 0.25) is 0 Å². The van der Waals surface area contributed by atoms with Gasteiger partial charge in [0.15, 0.2) is 5.78 Å². The van der Waals surface area contributed by atoms with E-state index in [0.29, 0.717) is 37.2 Å². The quantitative estimate of drug-likeness (QED) is 0.526. The minimum absolute atomic E-state index is 0.102. The largest absolute Gasteiger partial charge is 0.493 e. The van der Waals surface area contributed by atoms with Gasteiger partial charge in [0.25, 0.3) is 0 Å². The molecule has 4 rings (SSSR count). The van der Waals surface area contributed by atoms with Crippen molar-refractivity contribution in [3.8, 4) is 5.75 Å². The number of carbonyl (C=O) groups is 2. The van der Waals surface area contributed by atoms with Crippen molar-refractivity contribution in [2.24, 2.45) is 23.7 Å². The lowest BCUT2D eigenvalue weighted by atomic mass is 9.91. The molecule has 0 N–H and O–H groups in total. The van der Waals surface area contributed by atoms with E-state index in [4.69, 9.17) is 9.47 Å². The number of ether oxygens (including phenoxy) is 2. The maximum Gasteiger partial charge on any atom is 0.410 e. The van der Waals surface area contributed by atoms with Gasteiger partial charge in [-0.15, -0.1) is 0 Å². The number of amides is 1. The molecule has 170 valence electrons. The normalized spacial score (nSPS) is 23.7. The van der Waals surface area contributed by atoms with Crippen LogP contribution in [0.15, 0.2) is 12.1 Å². The van der Waals surface area contributed by atoms with Crippen molar-refractivity contribution in [2.45, 2.75) is 58.5 Å². The van der Waals surface area contributed by atoms with Gasteiger partial charge in [-0.1, -0.05) is 0 Å². The van der Waals surface area contributed by atoms with Gasteiger partial charge in [-0.05, 0) is 70.1 Å². The molecule has 7 heteroatoms. The number of benzene rings is 1. The van der Waals surface area contributed by atoms with Gasteiger partial charge in [-0.25, -0.2) is 13.6 Å². The Hall–Kier alpha value is -2.18. The van der Waals surface area contributed by atoms with Crippen LogP contribution in [-0.4, -0.2) is 42.6 Å². The molecule has 2 atom stereocenters. The van der Waals surface area contributed by atoms with E-state index in [0.717, 1.165) is 50.9 Å². The third kappa shape index (κ3) is 5.36. The van der Waals surface area contributed by atoms with Crippen molar-refractivity contribution >= 4 is 11.9 Å². The average Bonchev–Trinajstić information content (AvgIpc) is 3.61. The van der Waals surface area contributed by atoms with Crippen molar-refractivity contribution in [3.63, 3.8) is 0 Å². The zero-order chi connectivity index (χ0) is 22.1. The van der Waals surface area contributed by atoms with Crippen molar-refractivity contribution in [2.75, 3.05) is 19.7 Å². The maximum absolute atomic E-state index is 14.2. The molecular weight excluding hydrogens is 404 g/mol. The summed E-state index contributed by atoms with van der Waals surface area (Å²) in [6, 6.07) is 2.24. The van der Waals surface area contributed by atoms with E-state index < -0.39 is 23.0 Å². The lowest BCUT2D eigenvalue weighted by Crippen LogP contribution is -2.40. The van der Waals surface area contributed by atoms with Gasteiger partial charge < -0.3 is 14.4 Å². The highest BCUT2D eigenvalue weighted by Gasteiger charge is 2.43. The molecular formula is C24H31F2NO4. The molecule has 5 nitrogen and oxygen atoms in total. The van der Waals surface area contributed by atoms with Crippen molar-refractivity contribution < 1.29 is 27.8 Å².